The van der Waals surface area contributed by atoms with Crippen LogP contribution in [-0.2, 0) is 9.84 Å². The summed E-state index contributed by atoms with van der Waals surface area (Å²) in [5, 5.41) is 0. The third kappa shape index (κ3) is 4.21. The first kappa shape index (κ1) is 15.9. The minimum atomic E-state index is -2.84. The van der Waals surface area contributed by atoms with Crippen LogP contribution in [0, 0.1) is 17.3 Å². The van der Waals surface area contributed by atoms with Crippen molar-refractivity contribution >= 4 is 9.84 Å². The molecule has 0 saturated carbocycles. The molecule has 1 aliphatic heterocycles. The second-order valence-corrected chi connectivity index (χ2v) is 8.79. The summed E-state index contributed by atoms with van der Waals surface area (Å²) in [6, 6.07) is -0.0463. The van der Waals surface area contributed by atoms with Crippen molar-refractivity contribution in [3.8, 4) is 0 Å². The van der Waals surface area contributed by atoms with Gasteiger partial charge in [-0.2, -0.15) is 0 Å². The van der Waals surface area contributed by atoms with Crippen LogP contribution in [0.25, 0.3) is 0 Å². The second kappa shape index (κ2) is 5.88. The van der Waals surface area contributed by atoms with Gasteiger partial charge in [0.25, 0.3) is 0 Å². The molecule has 3 atom stereocenters. The number of rotatable bonds is 6. The van der Waals surface area contributed by atoms with Gasteiger partial charge in [0.1, 0.15) is 0 Å². The van der Waals surface area contributed by atoms with Crippen LogP contribution in [0.2, 0.25) is 0 Å². The largest absolute Gasteiger partial charge is 0.330 e. The van der Waals surface area contributed by atoms with E-state index >= 15 is 0 Å². The summed E-state index contributed by atoms with van der Waals surface area (Å²) >= 11 is 0. The molecular weight excluding hydrogens is 248 g/mol. The zero-order valence-corrected chi connectivity index (χ0v) is 12.7. The first-order valence-corrected chi connectivity index (χ1v) is 8.66. The Morgan fingerprint density at radius 2 is 2.00 bits per heavy atom. The van der Waals surface area contributed by atoms with Crippen LogP contribution in [-0.4, -0.2) is 32.5 Å². The normalized spacial score (nSPS) is 27.1. The van der Waals surface area contributed by atoms with E-state index in [4.69, 9.17) is 11.5 Å². The lowest BCUT2D eigenvalue weighted by molar-refractivity contribution is 0.178. The number of sulfone groups is 1. The number of nitrogens with two attached hydrogens (primary N) is 2. The second-order valence-electron chi connectivity index (χ2n) is 6.56. The molecule has 1 aliphatic rings. The van der Waals surface area contributed by atoms with Gasteiger partial charge in [-0.25, -0.2) is 8.42 Å². The molecule has 108 valence electrons. The first-order valence-electron chi connectivity index (χ1n) is 6.84. The van der Waals surface area contributed by atoms with Gasteiger partial charge in [0, 0.05) is 6.04 Å². The van der Waals surface area contributed by atoms with E-state index < -0.39 is 9.84 Å². The van der Waals surface area contributed by atoms with Crippen LogP contribution >= 0.6 is 0 Å². The molecule has 4 nitrogen and oxygen atoms in total. The smallest absolute Gasteiger partial charge is 0.150 e. The highest BCUT2D eigenvalue weighted by atomic mass is 32.2. The van der Waals surface area contributed by atoms with E-state index in [1.165, 1.54) is 0 Å². The average molecular weight is 276 g/mol. The molecule has 1 heterocycles. The van der Waals surface area contributed by atoms with Crippen molar-refractivity contribution in [1.82, 2.24) is 0 Å². The Hall–Kier alpha value is -0.130. The molecule has 0 aliphatic carbocycles. The molecule has 0 aromatic carbocycles. The fraction of sp³-hybridized carbons (Fsp3) is 1.00. The van der Waals surface area contributed by atoms with Gasteiger partial charge in [0.05, 0.1) is 11.5 Å². The Morgan fingerprint density at radius 1 is 1.39 bits per heavy atom. The molecule has 0 spiro atoms. The summed E-state index contributed by atoms with van der Waals surface area (Å²) in [7, 11) is -2.84. The standard InChI is InChI=1S/C13H28N2O2S/c1-10(4-6-14)8-13(2,3)12(15)11-5-7-18(16,17)9-11/h10-12H,4-9,14-15H2,1-3H3. The van der Waals surface area contributed by atoms with E-state index in [-0.39, 0.29) is 23.1 Å². The van der Waals surface area contributed by atoms with Gasteiger partial charge in [-0.1, -0.05) is 20.8 Å². The predicted molar refractivity (Wildman–Crippen MR) is 76.0 cm³/mol. The van der Waals surface area contributed by atoms with Gasteiger partial charge in [-0.15, -0.1) is 0 Å². The van der Waals surface area contributed by atoms with Crippen LogP contribution < -0.4 is 11.5 Å². The first-order chi connectivity index (χ1) is 8.18. The summed E-state index contributed by atoms with van der Waals surface area (Å²) in [5.41, 5.74) is 11.9. The zero-order chi connectivity index (χ0) is 14.0. The van der Waals surface area contributed by atoms with Crippen molar-refractivity contribution in [2.75, 3.05) is 18.1 Å². The van der Waals surface area contributed by atoms with Crippen molar-refractivity contribution in [1.29, 1.82) is 0 Å². The van der Waals surface area contributed by atoms with E-state index in [9.17, 15) is 8.42 Å². The van der Waals surface area contributed by atoms with Gasteiger partial charge >= 0.3 is 0 Å². The molecule has 3 unspecified atom stereocenters. The molecule has 5 heteroatoms. The van der Waals surface area contributed by atoms with Crippen molar-refractivity contribution < 1.29 is 8.42 Å². The van der Waals surface area contributed by atoms with Crippen LogP contribution in [0.1, 0.15) is 40.0 Å². The minimum absolute atomic E-state index is 0.0287. The van der Waals surface area contributed by atoms with Crippen LogP contribution in [0.15, 0.2) is 0 Å². The molecule has 0 bridgehead atoms. The maximum absolute atomic E-state index is 11.5. The fourth-order valence-electron chi connectivity index (χ4n) is 3.17. The van der Waals surface area contributed by atoms with Gasteiger partial charge in [-0.3, -0.25) is 0 Å². The molecule has 1 saturated heterocycles. The monoisotopic (exact) mass is 276 g/mol. The van der Waals surface area contributed by atoms with Crippen LogP contribution in [0.3, 0.4) is 0 Å². The summed E-state index contributed by atoms with van der Waals surface area (Å²) in [5.74, 6) is 1.23. The van der Waals surface area contributed by atoms with Gasteiger partial charge in [0.15, 0.2) is 9.84 Å². The Morgan fingerprint density at radius 3 is 2.44 bits per heavy atom. The van der Waals surface area contributed by atoms with E-state index in [1.807, 2.05) is 0 Å². The predicted octanol–water partition coefficient (Wildman–Crippen LogP) is 1.15. The SMILES string of the molecule is CC(CCN)CC(C)(C)C(N)C1CCS(=O)(=O)C1. The van der Waals surface area contributed by atoms with Crippen molar-refractivity contribution in [3.63, 3.8) is 0 Å². The highest BCUT2D eigenvalue weighted by molar-refractivity contribution is 7.91. The molecule has 4 N–H and O–H groups in total. The molecule has 1 rings (SSSR count). The summed E-state index contributed by atoms with van der Waals surface area (Å²) in [4.78, 5) is 0. The minimum Gasteiger partial charge on any atom is -0.330 e. The van der Waals surface area contributed by atoms with E-state index in [2.05, 4.69) is 20.8 Å². The lowest BCUT2D eigenvalue weighted by atomic mass is 9.72. The highest BCUT2D eigenvalue weighted by Crippen LogP contribution is 2.36. The Labute approximate surface area is 111 Å². The maximum Gasteiger partial charge on any atom is 0.150 e. The van der Waals surface area contributed by atoms with Crippen molar-refractivity contribution in [3.05, 3.63) is 0 Å². The van der Waals surface area contributed by atoms with E-state index in [0.717, 1.165) is 19.3 Å². The lowest BCUT2D eigenvalue weighted by Crippen LogP contribution is -2.44. The van der Waals surface area contributed by atoms with Crippen molar-refractivity contribution in [2.24, 2.45) is 28.7 Å². The molecule has 0 amide bonds. The molecule has 18 heavy (non-hydrogen) atoms. The Balaban J connectivity index is 2.61. The molecule has 0 radical (unpaired) electrons. The number of hydrogen-bond acceptors (Lipinski definition) is 4. The van der Waals surface area contributed by atoms with Gasteiger partial charge in [-0.05, 0) is 43.1 Å². The summed E-state index contributed by atoms with van der Waals surface area (Å²) in [6.45, 7) is 7.18. The summed E-state index contributed by atoms with van der Waals surface area (Å²) < 4.78 is 23.0. The van der Waals surface area contributed by atoms with Crippen molar-refractivity contribution in [2.45, 2.75) is 46.1 Å². The van der Waals surface area contributed by atoms with Gasteiger partial charge in [0.2, 0.25) is 0 Å². The molecule has 0 aromatic heterocycles. The molecule has 0 aromatic rings. The fourth-order valence-corrected chi connectivity index (χ4v) is 5.02. The Bertz CT molecular complexity index is 365. The quantitative estimate of drug-likeness (QED) is 0.762. The maximum atomic E-state index is 11.5. The van der Waals surface area contributed by atoms with E-state index in [0.29, 0.717) is 18.2 Å². The summed E-state index contributed by atoms with van der Waals surface area (Å²) in [6.07, 6.45) is 2.72. The van der Waals surface area contributed by atoms with Crippen LogP contribution in [0.4, 0.5) is 0 Å². The third-order valence-electron chi connectivity index (χ3n) is 4.21. The lowest BCUT2D eigenvalue weighted by Gasteiger charge is -2.37. The Kier molecular flexibility index (Phi) is 5.21. The average Bonchev–Trinajstić information content (AvgIpc) is 2.57. The highest BCUT2D eigenvalue weighted by Gasteiger charge is 2.39. The van der Waals surface area contributed by atoms with E-state index in [1.54, 1.807) is 0 Å². The van der Waals surface area contributed by atoms with Gasteiger partial charge < -0.3 is 11.5 Å². The third-order valence-corrected chi connectivity index (χ3v) is 6.01. The zero-order valence-electron chi connectivity index (χ0n) is 11.9. The molecule has 1 fully saturated rings. The number of hydrogen-bond donors (Lipinski definition) is 2. The molecular formula is C13H28N2O2S. The van der Waals surface area contributed by atoms with Crippen LogP contribution in [0.5, 0.6) is 0 Å². The topological polar surface area (TPSA) is 86.2 Å².